The van der Waals surface area contributed by atoms with Crippen LogP contribution in [0.15, 0.2) is 36.4 Å². The summed E-state index contributed by atoms with van der Waals surface area (Å²) in [6.07, 6.45) is 0. The van der Waals surface area contributed by atoms with E-state index in [4.69, 9.17) is 17.3 Å². The molecule has 0 spiro atoms. The van der Waals surface area contributed by atoms with E-state index < -0.39 is 0 Å². The number of fused-ring (bicyclic) bond motifs is 2. The zero-order valence-electron chi connectivity index (χ0n) is 8.31. The number of hydrogen-bond donors (Lipinski definition) is 1. The van der Waals surface area contributed by atoms with Crippen molar-refractivity contribution in [2.75, 3.05) is 5.73 Å². The van der Waals surface area contributed by atoms with Crippen LogP contribution in [0.25, 0.3) is 22.1 Å². The number of nitrogens with zero attached hydrogens (tertiary/aromatic N) is 2. The fraction of sp³-hybridized carbons (Fsp3) is 0. The molecule has 3 aromatic rings. The van der Waals surface area contributed by atoms with Gasteiger partial charge in [0.05, 0.1) is 22.1 Å². The van der Waals surface area contributed by atoms with Crippen LogP contribution in [0.5, 0.6) is 0 Å². The van der Waals surface area contributed by atoms with Gasteiger partial charge in [-0.2, -0.15) is 0 Å². The molecule has 0 aliphatic carbocycles. The van der Waals surface area contributed by atoms with E-state index in [9.17, 15) is 0 Å². The Balaban J connectivity index is 2.44. The van der Waals surface area contributed by atoms with Crippen molar-refractivity contribution in [1.29, 1.82) is 0 Å². The van der Waals surface area contributed by atoms with E-state index in [0.29, 0.717) is 10.7 Å². The van der Waals surface area contributed by atoms with Crippen LogP contribution in [-0.2, 0) is 0 Å². The Labute approximate surface area is 96.9 Å². The van der Waals surface area contributed by atoms with Crippen molar-refractivity contribution < 1.29 is 0 Å². The lowest BCUT2D eigenvalue weighted by Crippen LogP contribution is -1.90. The zero-order valence-corrected chi connectivity index (χ0v) is 9.07. The highest BCUT2D eigenvalue weighted by Gasteiger charge is 2.02. The molecule has 4 heteroatoms. The molecule has 0 unspecified atom stereocenters. The van der Waals surface area contributed by atoms with Crippen molar-refractivity contribution in [1.82, 2.24) is 9.97 Å². The first-order valence-electron chi connectivity index (χ1n) is 4.85. The SMILES string of the molecule is Nc1ccc2nc3cc(Cl)ccc3nc2c1. The topological polar surface area (TPSA) is 51.8 Å². The molecule has 3 rings (SSSR count). The standard InChI is InChI=1S/C12H8ClN3/c13-7-1-3-9-11(5-7)15-10-4-2-8(14)6-12(10)16-9/h1-6H,14H2. The molecule has 1 aromatic heterocycles. The van der Waals surface area contributed by atoms with E-state index in [1.54, 1.807) is 12.1 Å². The van der Waals surface area contributed by atoms with Crippen molar-refractivity contribution >= 4 is 39.4 Å². The van der Waals surface area contributed by atoms with Gasteiger partial charge in [-0.05, 0) is 36.4 Å². The van der Waals surface area contributed by atoms with Gasteiger partial charge in [-0.3, -0.25) is 0 Å². The number of aromatic nitrogens is 2. The highest BCUT2D eigenvalue weighted by molar-refractivity contribution is 6.31. The maximum atomic E-state index is 5.91. The van der Waals surface area contributed by atoms with E-state index in [2.05, 4.69) is 9.97 Å². The van der Waals surface area contributed by atoms with Gasteiger partial charge in [0.25, 0.3) is 0 Å². The number of halogens is 1. The van der Waals surface area contributed by atoms with Crippen molar-refractivity contribution in [3.05, 3.63) is 41.4 Å². The molecular weight excluding hydrogens is 222 g/mol. The summed E-state index contributed by atoms with van der Waals surface area (Å²) in [5, 5.41) is 0.664. The van der Waals surface area contributed by atoms with E-state index >= 15 is 0 Å². The van der Waals surface area contributed by atoms with Gasteiger partial charge in [0.1, 0.15) is 0 Å². The van der Waals surface area contributed by atoms with Gasteiger partial charge in [-0.25, -0.2) is 9.97 Å². The van der Waals surface area contributed by atoms with Crippen LogP contribution in [-0.4, -0.2) is 9.97 Å². The van der Waals surface area contributed by atoms with Gasteiger partial charge in [0.15, 0.2) is 0 Å². The van der Waals surface area contributed by atoms with Crippen LogP contribution < -0.4 is 5.73 Å². The van der Waals surface area contributed by atoms with E-state index in [0.717, 1.165) is 22.1 Å². The summed E-state index contributed by atoms with van der Waals surface area (Å²) in [5.41, 5.74) is 9.63. The maximum absolute atomic E-state index is 5.91. The first-order valence-corrected chi connectivity index (χ1v) is 5.23. The molecule has 1 heterocycles. The Hall–Kier alpha value is -1.87. The molecule has 16 heavy (non-hydrogen) atoms. The molecule has 0 aliphatic heterocycles. The molecule has 3 nitrogen and oxygen atoms in total. The van der Waals surface area contributed by atoms with Crippen molar-refractivity contribution in [3.63, 3.8) is 0 Å². The van der Waals surface area contributed by atoms with Gasteiger partial charge in [0, 0.05) is 10.7 Å². The summed E-state index contributed by atoms with van der Waals surface area (Å²) in [6.45, 7) is 0. The highest BCUT2D eigenvalue weighted by Crippen LogP contribution is 2.20. The fourth-order valence-corrected chi connectivity index (χ4v) is 1.83. The predicted octanol–water partition coefficient (Wildman–Crippen LogP) is 3.02. The molecule has 2 N–H and O–H groups in total. The number of hydrogen-bond acceptors (Lipinski definition) is 3. The number of nitrogens with two attached hydrogens (primary N) is 1. The highest BCUT2D eigenvalue weighted by atomic mass is 35.5. The summed E-state index contributed by atoms with van der Waals surface area (Å²) in [4.78, 5) is 8.96. The van der Waals surface area contributed by atoms with Crippen LogP contribution in [0.4, 0.5) is 5.69 Å². The summed E-state index contributed by atoms with van der Waals surface area (Å²) in [5.74, 6) is 0. The Morgan fingerprint density at radius 2 is 1.44 bits per heavy atom. The Kier molecular flexibility index (Phi) is 1.94. The van der Waals surface area contributed by atoms with Crippen molar-refractivity contribution in [3.8, 4) is 0 Å². The zero-order chi connectivity index (χ0) is 11.1. The third kappa shape index (κ3) is 1.46. The first-order chi connectivity index (χ1) is 7.72. The van der Waals surface area contributed by atoms with Crippen LogP contribution in [0.3, 0.4) is 0 Å². The second kappa shape index (κ2) is 3.32. The minimum absolute atomic E-state index is 0.664. The number of anilines is 1. The van der Waals surface area contributed by atoms with Gasteiger partial charge < -0.3 is 5.73 Å². The lowest BCUT2D eigenvalue weighted by Gasteiger charge is -2.01. The minimum atomic E-state index is 0.664. The van der Waals surface area contributed by atoms with Crippen LogP contribution in [0, 0.1) is 0 Å². The second-order valence-corrected chi connectivity index (χ2v) is 4.04. The molecule has 0 radical (unpaired) electrons. The van der Waals surface area contributed by atoms with Crippen LogP contribution in [0.2, 0.25) is 5.02 Å². The second-order valence-electron chi connectivity index (χ2n) is 3.60. The number of benzene rings is 2. The molecule has 0 fully saturated rings. The van der Waals surface area contributed by atoms with Gasteiger partial charge >= 0.3 is 0 Å². The normalized spacial score (nSPS) is 11.1. The summed E-state index contributed by atoms with van der Waals surface area (Å²) < 4.78 is 0. The molecule has 0 saturated carbocycles. The lowest BCUT2D eigenvalue weighted by molar-refractivity contribution is 1.39. The predicted molar refractivity (Wildman–Crippen MR) is 66.5 cm³/mol. The monoisotopic (exact) mass is 229 g/mol. The molecule has 2 aromatic carbocycles. The smallest absolute Gasteiger partial charge is 0.0915 e. The van der Waals surface area contributed by atoms with Crippen molar-refractivity contribution in [2.24, 2.45) is 0 Å². The molecule has 0 atom stereocenters. The van der Waals surface area contributed by atoms with Crippen LogP contribution in [0.1, 0.15) is 0 Å². The summed E-state index contributed by atoms with van der Waals surface area (Å²) >= 11 is 5.91. The quantitative estimate of drug-likeness (QED) is 0.476. The average molecular weight is 230 g/mol. The number of nitrogen functional groups attached to an aromatic ring is 1. The fourth-order valence-electron chi connectivity index (χ4n) is 1.66. The summed E-state index contributed by atoms with van der Waals surface area (Å²) in [6, 6.07) is 10.9. The molecule has 0 amide bonds. The summed E-state index contributed by atoms with van der Waals surface area (Å²) in [7, 11) is 0. The van der Waals surface area contributed by atoms with Crippen LogP contribution >= 0.6 is 11.6 Å². The van der Waals surface area contributed by atoms with E-state index in [-0.39, 0.29) is 0 Å². The Bertz CT molecular complexity index is 633. The molecule has 78 valence electrons. The molecule has 0 bridgehead atoms. The van der Waals surface area contributed by atoms with E-state index in [1.165, 1.54) is 0 Å². The molecular formula is C12H8ClN3. The van der Waals surface area contributed by atoms with Gasteiger partial charge in [-0.15, -0.1) is 0 Å². The minimum Gasteiger partial charge on any atom is -0.399 e. The maximum Gasteiger partial charge on any atom is 0.0915 e. The van der Waals surface area contributed by atoms with Gasteiger partial charge in [-0.1, -0.05) is 11.6 Å². The average Bonchev–Trinajstić information content (AvgIpc) is 2.26. The largest absolute Gasteiger partial charge is 0.399 e. The number of rotatable bonds is 0. The lowest BCUT2D eigenvalue weighted by atomic mass is 10.2. The molecule has 0 saturated heterocycles. The Morgan fingerprint density at radius 1 is 0.812 bits per heavy atom. The van der Waals surface area contributed by atoms with Crippen molar-refractivity contribution in [2.45, 2.75) is 0 Å². The third-order valence-corrected chi connectivity index (χ3v) is 2.65. The third-order valence-electron chi connectivity index (χ3n) is 2.42. The van der Waals surface area contributed by atoms with E-state index in [1.807, 2.05) is 24.3 Å². The Morgan fingerprint density at radius 3 is 2.19 bits per heavy atom. The van der Waals surface area contributed by atoms with Gasteiger partial charge in [0.2, 0.25) is 0 Å². The first kappa shape index (κ1) is 9.36. The molecule has 0 aliphatic rings.